The first-order valence-electron chi connectivity index (χ1n) is 7.47. The van der Waals surface area contributed by atoms with Crippen LogP contribution in [0.4, 0.5) is 0 Å². The molecule has 0 heterocycles. The smallest absolute Gasteiger partial charge is 0.351 e. The van der Waals surface area contributed by atoms with Crippen LogP contribution < -0.4 is 5.73 Å². The van der Waals surface area contributed by atoms with E-state index in [0.29, 0.717) is 6.42 Å². The molecular weight excluding hydrogens is 453 g/mol. The van der Waals surface area contributed by atoms with Gasteiger partial charge in [-0.05, 0) is 65.3 Å². The molecule has 0 aliphatic rings. The molecule has 0 amide bonds. The van der Waals surface area contributed by atoms with E-state index >= 15 is 0 Å². The van der Waals surface area contributed by atoms with Crippen LogP contribution in [0.5, 0.6) is 0 Å². The summed E-state index contributed by atoms with van der Waals surface area (Å²) in [6.07, 6.45) is 0.757. The molecule has 7 heteroatoms. The molecule has 0 aromatic heterocycles. The van der Waals surface area contributed by atoms with Gasteiger partial charge in [0.15, 0.2) is 4.91 Å². The number of rotatable bonds is 6. The molecule has 0 aliphatic heterocycles. The van der Waals surface area contributed by atoms with Crippen LogP contribution in [0.1, 0.15) is 12.0 Å². The number of methoxy groups -OCH3 is 1. The van der Waals surface area contributed by atoms with E-state index in [1.807, 2.05) is 30.3 Å². The minimum Gasteiger partial charge on any atom is -0.465 e. The molecule has 2 N–H and O–H groups in total. The van der Waals surface area contributed by atoms with Crippen molar-refractivity contribution in [3.05, 3.63) is 74.3 Å². The van der Waals surface area contributed by atoms with Crippen molar-refractivity contribution >= 4 is 38.4 Å². The molecule has 5 nitrogen and oxygen atoms in total. The zero-order valence-corrected chi connectivity index (χ0v) is 16.6. The summed E-state index contributed by atoms with van der Waals surface area (Å²) in [4.78, 5) is 11.6. The summed E-state index contributed by atoms with van der Waals surface area (Å²) in [5.74, 6) is -0.955. The van der Waals surface area contributed by atoms with E-state index in [0.717, 1.165) is 16.2 Å². The highest BCUT2D eigenvalue weighted by Gasteiger charge is 2.30. The number of allylic oxidation sites excluding steroid dienone is 1. The van der Waals surface area contributed by atoms with Gasteiger partial charge in [0.2, 0.25) is 9.84 Å². The van der Waals surface area contributed by atoms with Crippen LogP contribution in [-0.2, 0) is 25.8 Å². The third-order valence-electron chi connectivity index (χ3n) is 3.58. The largest absolute Gasteiger partial charge is 0.465 e. The number of halogens is 1. The summed E-state index contributed by atoms with van der Waals surface area (Å²) in [6.45, 7) is 0. The number of carbonyl (C=O) groups is 1. The lowest BCUT2D eigenvalue weighted by molar-refractivity contribution is -0.135. The second-order valence-corrected chi connectivity index (χ2v) is 8.42. The molecule has 2 aromatic rings. The van der Waals surface area contributed by atoms with Gasteiger partial charge in [-0.2, -0.15) is 0 Å². The fourth-order valence-electron chi connectivity index (χ4n) is 2.27. The summed E-state index contributed by atoms with van der Waals surface area (Å²) in [5, 5.41) is 0. The molecule has 0 radical (unpaired) electrons. The number of benzene rings is 2. The van der Waals surface area contributed by atoms with Gasteiger partial charge in [-0.3, -0.25) is 0 Å². The average Bonchev–Trinajstić information content (AvgIpc) is 2.61. The lowest BCUT2D eigenvalue weighted by Gasteiger charge is -2.12. The number of nitrogens with two attached hydrogens (primary N) is 1. The van der Waals surface area contributed by atoms with Crippen LogP contribution in [0, 0.1) is 3.57 Å². The first kappa shape index (κ1) is 19.5. The maximum Gasteiger partial charge on any atom is 0.351 e. The van der Waals surface area contributed by atoms with Gasteiger partial charge in [0.1, 0.15) is 0 Å². The van der Waals surface area contributed by atoms with Gasteiger partial charge in [-0.1, -0.05) is 30.3 Å². The lowest BCUT2D eigenvalue weighted by Crippen LogP contribution is -2.21. The quantitative estimate of drug-likeness (QED) is 0.398. The van der Waals surface area contributed by atoms with Gasteiger partial charge in [-0.15, -0.1) is 0 Å². The Bertz CT molecular complexity index is 875. The third-order valence-corrected chi connectivity index (χ3v) is 6.16. The first-order chi connectivity index (χ1) is 11.9. The Hall–Kier alpha value is -1.87. The van der Waals surface area contributed by atoms with E-state index in [1.165, 1.54) is 12.1 Å². The normalized spacial score (nSPS) is 12.4. The van der Waals surface area contributed by atoms with E-state index in [9.17, 15) is 13.2 Å². The number of sulfone groups is 1. The van der Waals surface area contributed by atoms with Gasteiger partial charge < -0.3 is 10.5 Å². The van der Waals surface area contributed by atoms with Crippen LogP contribution in [0.25, 0.3) is 0 Å². The molecule has 0 saturated heterocycles. The van der Waals surface area contributed by atoms with Crippen LogP contribution in [0.3, 0.4) is 0 Å². The zero-order chi connectivity index (χ0) is 18.4. The maximum atomic E-state index is 12.9. The SMILES string of the molecule is COC(=O)C(=C(N)CCc1ccccc1)S(=O)(=O)c1ccc(I)cc1. The summed E-state index contributed by atoms with van der Waals surface area (Å²) >= 11 is 2.07. The van der Waals surface area contributed by atoms with Gasteiger partial charge >= 0.3 is 5.97 Å². The second kappa shape index (κ2) is 8.48. The standard InChI is InChI=1S/C18H18INO4S/c1-24-18(21)17(16(20)12-7-13-5-3-2-4-6-13)25(22,23)15-10-8-14(19)9-11-15/h2-6,8-11H,7,12,20H2,1H3. The number of hydrogen-bond donors (Lipinski definition) is 1. The van der Waals surface area contributed by atoms with Crippen molar-refractivity contribution in [1.82, 2.24) is 0 Å². The van der Waals surface area contributed by atoms with E-state index in [4.69, 9.17) is 5.73 Å². The molecule has 0 atom stereocenters. The number of esters is 1. The van der Waals surface area contributed by atoms with Crippen molar-refractivity contribution in [3.63, 3.8) is 0 Å². The van der Waals surface area contributed by atoms with Gasteiger partial charge in [0.05, 0.1) is 12.0 Å². The Labute approximate surface area is 160 Å². The Morgan fingerprint density at radius 3 is 2.24 bits per heavy atom. The molecule has 2 rings (SSSR count). The Morgan fingerprint density at radius 1 is 1.08 bits per heavy atom. The predicted molar refractivity (Wildman–Crippen MR) is 104 cm³/mol. The summed E-state index contributed by atoms with van der Waals surface area (Å²) in [7, 11) is -2.92. The van der Waals surface area contributed by atoms with Crippen molar-refractivity contribution in [2.24, 2.45) is 5.73 Å². The molecule has 132 valence electrons. The van der Waals surface area contributed by atoms with E-state index in [2.05, 4.69) is 27.3 Å². The van der Waals surface area contributed by atoms with Crippen molar-refractivity contribution in [1.29, 1.82) is 0 Å². The molecule has 0 fully saturated rings. The summed E-state index contributed by atoms with van der Waals surface area (Å²) in [6, 6.07) is 15.7. The second-order valence-electron chi connectivity index (χ2n) is 5.29. The fraction of sp³-hybridized carbons (Fsp3) is 0.167. The molecule has 2 aromatic carbocycles. The third kappa shape index (κ3) is 4.82. The molecule has 0 spiro atoms. The molecular formula is C18H18INO4S. The zero-order valence-electron chi connectivity index (χ0n) is 13.6. The molecule has 0 unspecified atom stereocenters. The highest BCUT2D eigenvalue weighted by molar-refractivity contribution is 14.1. The lowest BCUT2D eigenvalue weighted by atomic mass is 10.1. The maximum absolute atomic E-state index is 12.9. The van der Waals surface area contributed by atoms with E-state index < -0.39 is 20.7 Å². The highest BCUT2D eigenvalue weighted by Crippen LogP contribution is 2.24. The summed E-state index contributed by atoms with van der Waals surface area (Å²) in [5.41, 5.74) is 6.99. The Morgan fingerprint density at radius 2 is 1.68 bits per heavy atom. The van der Waals surface area contributed by atoms with Crippen molar-refractivity contribution in [3.8, 4) is 0 Å². The molecule has 0 saturated carbocycles. The average molecular weight is 471 g/mol. The van der Waals surface area contributed by atoms with Gasteiger partial charge in [0.25, 0.3) is 0 Å². The minimum atomic E-state index is -4.06. The Kier molecular flexibility index (Phi) is 6.60. The molecule has 0 aliphatic carbocycles. The van der Waals surface area contributed by atoms with Gasteiger partial charge in [-0.25, -0.2) is 13.2 Å². The van der Waals surface area contributed by atoms with Crippen molar-refractivity contribution in [2.45, 2.75) is 17.7 Å². The minimum absolute atomic E-state index is 0.00532. The first-order valence-corrected chi connectivity index (χ1v) is 10.0. The summed E-state index contributed by atoms with van der Waals surface area (Å²) < 4.78 is 31.3. The van der Waals surface area contributed by atoms with E-state index in [1.54, 1.807) is 12.1 Å². The van der Waals surface area contributed by atoms with Crippen LogP contribution in [0.15, 0.2) is 70.1 Å². The number of hydrogen-bond acceptors (Lipinski definition) is 5. The monoisotopic (exact) mass is 471 g/mol. The van der Waals surface area contributed by atoms with Crippen molar-refractivity contribution in [2.75, 3.05) is 7.11 Å². The highest BCUT2D eigenvalue weighted by atomic mass is 127. The van der Waals surface area contributed by atoms with Crippen LogP contribution >= 0.6 is 22.6 Å². The topological polar surface area (TPSA) is 86.5 Å². The molecule has 0 bridgehead atoms. The molecule has 25 heavy (non-hydrogen) atoms. The number of ether oxygens (including phenoxy) is 1. The van der Waals surface area contributed by atoms with Crippen LogP contribution in [-0.4, -0.2) is 21.5 Å². The number of carbonyl (C=O) groups excluding carboxylic acids is 1. The van der Waals surface area contributed by atoms with Gasteiger partial charge in [0, 0.05) is 9.27 Å². The van der Waals surface area contributed by atoms with Crippen molar-refractivity contribution < 1.29 is 17.9 Å². The predicted octanol–water partition coefficient (Wildman–Crippen LogP) is 3.04. The Balaban J connectivity index is 2.40. The number of aryl methyl sites for hydroxylation is 1. The van der Waals surface area contributed by atoms with Crippen LogP contribution in [0.2, 0.25) is 0 Å². The van der Waals surface area contributed by atoms with E-state index in [-0.39, 0.29) is 17.0 Å². The fourth-order valence-corrected chi connectivity index (χ4v) is 4.11.